The molecule has 1 aliphatic heterocycles. The molecule has 0 aromatic heterocycles. The zero-order chi connectivity index (χ0) is 21.5. The Hall–Kier alpha value is -3.02. The summed E-state index contributed by atoms with van der Waals surface area (Å²) in [6, 6.07) is 13.0. The minimum absolute atomic E-state index is 0.141. The van der Waals surface area contributed by atoms with Crippen LogP contribution < -0.4 is 14.8 Å². The molecule has 0 spiro atoms. The van der Waals surface area contributed by atoms with Crippen LogP contribution in [0.15, 0.2) is 42.5 Å². The molecule has 1 atom stereocenters. The van der Waals surface area contributed by atoms with Crippen LogP contribution in [0.2, 0.25) is 0 Å². The van der Waals surface area contributed by atoms with Gasteiger partial charge >= 0.3 is 0 Å². The molecule has 0 radical (unpaired) electrons. The average Bonchev–Trinajstić information content (AvgIpc) is 3.14. The van der Waals surface area contributed by atoms with E-state index in [9.17, 15) is 9.59 Å². The Morgan fingerprint density at radius 3 is 2.40 bits per heavy atom. The van der Waals surface area contributed by atoms with E-state index < -0.39 is 0 Å². The van der Waals surface area contributed by atoms with Gasteiger partial charge in [0, 0.05) is 25.1 Å². The lowest BCUT2D eigenvalue weighted by atomic mass is 10.1. The number of nitrogens with zero attached hydrogens (tertiary/aromatic N) is 1. The average molecular weight is 411 g/mol. The van der Waals surface area contributed by atoms with E-state index >= 15 is 0 Å². The lowest BCUT2D eigenvalue weighted by Crippen LogP contribution is -2.27. The number of ether oxygens (including phenoxy) is 2. The summed E-state index contributed by atoms with van der Waals surface area (Å²) in [5.41, 5.74) is 2.57. The highest BCUT2D eigenvalue weighted by atomic mass is 16.5. The molecule has 2 aromatic carbocycles. The third-order valence-corrected chi connectivity index (χ3v) is 5.18. The lowest BCUT2D eigenvalue weighted by molar-refractivity contribution is -0.128. The first kappa shape index (κ1) is 21.7. The van der Waals surface area contributed by atoms with Crippen molar-refractivity contribution in [2.45, 2.75) is 46.2 Å². The van der Waals surface area contributed by atoms with E-state index in [1.807, 2.05) is 68.1 Å². The van der Waals surface area contributed by atoms with E-state index in [1.54, 1.807) is 0 Å². The highest BCUT2D eigenvalue weighted by molar-refractivity contribution is 5.94. The number of hydrogen-bond acceptors (Lipinski definition) is 4. The fourth-order valence-corrected chi connectivity index (χ4v) is 3.55. The summed E-state index contributed by atoms with van der Waals surface area (Å²) in [4.78, 5) is 26.3. The molecule has 0 aliphatic carbocycles. The highest BCUT2D eigenvalue weighted by Crippen LogP contribution is 2.30. The molecule has 6 heteroatoms. The van der Waals surface area contributed by atoms with Gasteiger partial charge in [-0.25, -0.2) is 0 Å². The second kappa shape index (κ2) is 10.1. The maximum Gasteiger partial charge on any atom is 0.251 e. The van der Waals surface area contributed by atoms with Gasteiger partial charge in [-0.3, -0.25) is 9.59 Å². The number of amides is 2. The minimum atomic E-state index is -0.186. The predicted molar refractivity (Wildman–Crippen MR) is 116 cm³/mol. The molecular formula is C24H30N2O4. The van der Waals surface area contributed by atoms with Crippen molar-refractivity contribution in [3.05, 3.63) is 59.2 Å². The summed E-state index contributed by atoms with van der Waals surface area (Å²) in [5.74, 6) is 1.44. The van der Waals surface area contributed by atoms with Crippen LogP contribution in [0.4, 0.5) is 0 Å². The van der Waals surface area contributed by atoms with Crippen LogP contribution in [-0.2, 0) is 11.3 Å². The molecule has 1 fully saturated rings. The van der Waals surface area contributed by atoms with E-state index in [-0.39, 0.29) is 17.9 Å². The van der Waals surface area contributed by atoms with Crippen LogP contribution >= 0.6 is 0 Å². The Morgan fingerprint density at radius 1 is 1.07 bits per heavy atom. The zero-order valence-corrected chi connectivity index (χ0v) is 17.9. The second-order valence-corrected chi connectivity index (χ2v) is 7.38. The third kappa shape index (κ3) is 5.32. The van der Waals surface area contributed by atoms with Gasteiger partial charge in [-0.15, -0.1) is 0 Å². The Morgan fingerprint density at radius 2 is 1.77 bits per heavy atom. The van der Waals surface area contributed by atoms with Crippen LogP contribution in [0.3, 0.4) is 0 Å². The van der Waals surface area contributed by atoms with Gasteiger partial charge in [-0.05, 0) is 62.6 Å². The highest BCUT2D eigenvalue weighted by Gasteiger charge is 2.20. The van der Waals surface area contributed by atoms with Crippen molar-refractivity contribution in [2.75, 3.05) is 19.8 Å². The third-order valence-electron chi connectivity index (χ3n) is 5.18. The van der Waals surface area contributed by atoms with Gasteiger partial charge in [-0.2, -0.15) is 0 Å². The number of rotatable bonds is 9. The second-order valence-electron chi connectivity index (χ2n) is 7.38. The van der Waals surface area contributed by atoms with Gasteiger partial charge in [0.1, 0.15) is 0 Å². The quantitative estimate of drug-likeness (QED) is 0.676. The van der Waals surface area contributed by atoms with Crippen LogP contribution in [0.25, 0.3) is 0 Å². The molecule has 3 rings (SSSR count). The Balaban J connectivity index is 1.63. The van der Waals surface area contributed by atoms with Crippen molar-refractivity contribution >= 4 is 11.8 Å². The predicted octanol–water partition coefficient (Wildman–Crippen LogP) is 4.10. The topological polar surface area (TPSA) is 67.9 Å². The molecule has 1 aliphatic rings. The molecule has 2 amide bonds. The molecule has 30 heavy (non-hydrogen) atoms. The van der Waals surface area contributed by atoms with Crippen LogP contribution in [0, 0.1) is 0 Å². The maximum atomic E-state index is 12.7. The molecule has 1 N–H and O–H groups in total. The first-order chi connectivity index (χ1) is 14.5. The van der Waals surface area contributed by atoms with Crippen molar-refractivity contribution in [1.29, 1.82) is 0 Å². The Kier molecular flexibility index (Phi) is 7.33. The van der Waals surface area contributed by atoms with Crippen molar-refractivity contribution in [1.82, 2.24) is 10.2 Å². The van der Waals surface area contributed by atoms with Crippen molar-refractivity contribution in [2.24, 2.45) is 0 Å². The molecule has 6 nitrogen and oxygen atoms in total. The first-order valence-corrected chi connectivity index (χ1v) is 10.6. The molecule has 0 saturated carbocycles. The van der Waals surface area contributed by atoms with Crippen molar-refractivity contribution in [3.63, 3.8) is 0 Å². The number of benzene rings is 2. The largest absolute Gasteiger partial charge is 0.490 e. The minimum Gasteiger partial charge on any atom is -0.490 e. The first-order valence-electron chi connectivity index (χ1n) is 10.6. The monoisotopic (exact) mass is 410 g/mol. The summed E-state index contributed by atoms with van der Waals surface area (Å²) in [6.07, 6.45) is 1.56. The van der Waals surface area contributed by atoms with Gasteiger partial charge in [-0.1, -0.05) is 18.2 Å². The molecule has 1 saturated heterocycles. The van der Waals surface area contributed by atoms with Gasteiger partial charge in [0.15, 0.2) is 11.5 Å². The number of nitrogens with one attached hydrogen (secondary N) is 1. The van der Waals surface area contributed by atoms with Crippen molar-refractivity contribution in [3.8, 4) is 11.5 Å². The summed E-state index contributed by atoms with van der Waals surface area (Å²) in [5, 5.41) is 3.03. The molecule has 0 unspecified atom stereocenters. The van der Waals surface area contributed by atoms with Crippen LogP contribution in [-0.4, -0.2) is 36.5 Å². The van der Waals surface area contributed by atoms with Crippen LogP contribution in [0.1, 0.15) is 61.1 Å². The number of carbonyl (C=O) groups excluding carboxylic acids is 2. The molecule has 1 heterocycles. The van der Waals surface area contributed by atoms with Gasteiger partial charge in [0.2, 0.25) is 5.91 Å². The van der Waals surface area contributed by atoms with E-state index in [0.717, 1.165) is 24.1 Å². The van der Waals surface area contributed by atoms with E-state index in [2.05, 4.69) is 5.32 Å². The van der Waals surface area contributed by atoms with Gasteiger partial charge in [0.05, 0.1) is 19.3 Å². The summed E-state index contributed by atoms with van der Waals surface area (Å²) >= 11 is 0. The fraction of sp³-hybridized carbons (Fsp3) is 0.417. The SMILES string of the molecule is CCOc1ccc([C@@H](C)NC(=O)c2ccc(CN3CCCC3=O)cc2)cc1OCC. The van der Waals surface area contributed by atoms with Gasteiger partial charge < -0.3 is 19.7 Å². The Bertz CT molecular complexity index is 879. The normalized spacial score (nSPS) is 14.5. The van der Waals surface area contributed by atoms with E-state index in [0.29, 0.717) is 43.2 Å². The number of hydrogen-bond donors (Lipinski definition) is 1. The zero-order valence-electron chi connectivity index (χ0n) is 17.9. The van der Waals surface area contributed by atoms with Gasteiger partial charge in [0.25, 0.3) is 5.91 Å². The molecular weight excluding hydrogens is 380 g/mol. The van der Waals surface area contributed by atoms with E-state index in [4.69, 9.17) is 9.47 Å². The molecule has 2 aromatic rings. The standard InChI is InChI=1S/C24H30N2O4/c1-4-29-21-13-12-20(15-22(21)30-5-2)17(3)25-24(28)19-10-8-18(9-11-19)16-26-14-6-7-23(26)27/h8-13,15,17H,4-7,14,16H2,1-3H3,(H,25,28)/t17-/m1/s1. The smallest absolute Gasteiger partial charge is 0.251 e. The Labute approximate surface area is 178 Å². The summed E-state index contributed by atoms with van der Waals surface area (Å²) in [6.45, 7) is 8.31. The lowest BCUT2D eigenvalue weighted by Gasteiger charge is -2.18. The summed E-state index contributed by atoms with van der Waals surface area (Å²) < 4.78 is 11.3. The fourth-order valence-electron chi connectivity index (χ4n) is 3.55. The van der Waals surface area contributed by atoms with Crippen molar-refractivity contribution < 1.29 is 19.1 Å². The maximum absolute atomic E-state index is 12.7. The van der Waals surface area contributed by atoms with E-state index in [1.165, 1.54) is 0 Å². The van der Waals surface area contributed by atoms with Crippen LogP contribution in [0.5, 0.6) is 11.5 Å². The molecule has 0 bridgehead atoms. The number of likely N-dealkylation sites (tertiary alicyclic amines) is 1. The summed E-state index contributed by atoms with van der Waals surface area (Å²) in [7, 11) is 0. The number of carbonyl (C=O) groups is 2. The molecule has 160 valence electrons.